The lowest BCUT2D eigenvalue weighted by Gasteiger charge is -2.07. The Bertz CT molecular complexity index is 2030. The van der Waals surface area contributed by atoms with Crippen LogP contribution in [0.5, 0.6) is 0 Å². The highest BCUT2D eigenvalue weighted by Crippen LogP contribution is 2.25. The van der Waals surface area contributed by atoms with Gasteiger partial charge >= 0.3 is 0 Å². The Morgan fingerprint density at radius 3 is 2.46 bits per heavy atom. The van der Waals surface area contributed by atoms with Crippen molar-refractivity contribution < 1.29 is 9.21 Å². The Morgan fingerprint density at radius 1 is 0.805 bits per heavy atom. The van der Waals surface area contributed by atoms with Crippen molar-refractivity contribution in [2.45, 2.75) is 19.4 Å². The van der Waals surface area contributed by atoms with E-state index in [1.165, 1.54) is 22.4 Å². The summed E-state index contributed by atoms with van der Waals surface area (Å²) in [5.41, 5.74) is 3.11. The molecule has 7 rings (SSSR count). The zero-order valence-electron chi connectivity index (χ0n) is 22.4. The zero-order chi connectivity index (χ0) is 27.6. The zero-order valence-corrected chi connectivity index (χ0v) is 22.4. The lowest BCUT2D eigenvalue weighted by atomic mass is 10.0. The quantitative estimate of drug-likeness (QED) is 0.160. The molecule has 0 atom stereocenters. The van der Waals surface area contributed by atoms with Crippen molar-refractivity contribution in [1.29, 1.82) is 0 Å². The number of oxazole rings is 1. The van der Waals surface area contributed by atoms with Crippen LogP contribution in [0.25, 0.3) is 43.4 Å². The molecule has 0 fully saturated rings. The first-order chi connectivity index (χ1) is 20.2. The minimum Gasteiger partial charge on any atom is -0.448 e. The van der Waals surface area contributed by atoms with Gasteiger partial charge in [-0.15, -0.1) is 0 Å². The SMILES string of the molecule is O=C(NCc1cc2c(ccc3ccccc32)cn1)c1coc(CCNCCc2nc3c(ccc4ccccc43)[nH]2)n1. The Hall–Kier alpha value is -5.08. The molecule has 0 spiro atoms. The minimum absolute atomic E-state index is 0.265. The summed E-state index contributed by atoms with van der Waals surface area (Å²) in [6.45, 7) is 1.75. The van der Waals surface area contributed by atoms with Gasteiger partial charge in [-0.2, -0.15) is 0 Å². The van der Waals surface area contributed by atoms with Crippen LogP contribution in [-0.2, 0) is 19.4 Å². The summed E-state index contributed by atoms with van der Waals surface area (Å²) in [5.74, 6) is 1.19. The second kappa shape index (κ2) is 10.8. The number of pyridine rings is 1. The van der Waals surface area contributed by atoms with Crippen LogP contribution in [-0.4, -0.2) is 38.9 Å². The second-order valence-corrected chi connectivity index (χ2v) is 10.1. The molecule has 0 aliphatic carbocycles. The molecule has 0 saturated heterocycles. The molecule has 0 unspecified atom stereocenters. The van der Waals surface area contributed by atoms with Crippen LogP contribution < -0.4 is 10.6 Å². The number of nitrogens with zero attached hydrogens (tertiary/aromatic N) is 3. The van der Waals surface area contributed by atoms with E-state index in [-0.39, 0.29) is 11.6 Å². The second-order valence-electron chi connectivity index (χ2n) is 10.1. The molecule has 8 nitrogen and oxygen atoms in total. The number of fused-ring (bicyclic) bond motifs is 6. The first-order valence-corrected chi connectivity index (χ1v) is 13.8. The van der Waals surface area contributed by atoms with E-state index in [9.17, 15) is 4.79 Å². The maximum absolute atomic E-state index is 12.7. The van der Waals surface area contributed by atoms with E-state index in [4.69, 9.17) is 9.40 Å². The molecule has 3 N–H and O–H groups in total. The molecular formula is C33H28N6O2. The Labute approximate surface area is 235 Å². The molecule has 0 saturated carbocycles. The van der Waals surface area contributed by atoms with Crippen molar-refractivity contribution in [2.75, 3.05) is 13.1 Å². The number of hydrogen-bond donors (Lipinski definition) is 3. The predicted octanol–water partition coefficient (Wildman–Crippen LogP) is 5.71. The van der Waals surface area contributed by atoms with Crippen molar-refractivity contribution in [3.05, 3.63) is 114 Å². The van der Waals surface area contributed by atoms with Gasteiger partial charge in [0.1, 0.15) is 12.1 Å². The molecule has 3 aromatic heterocycles. The number of carbonyl (C=O) groups excluding carboxylic acids is 1. The fraction of sp³-hybridized carbons (Fsp3) is 0.152. The number of aromatic nitrogens is 4. The molecular weight excluding hydrogens is 512 g/mol. The fourth-order valence-electron chi connectivity index (χ4n) is 5.27. The average molecular weight is 541 g/mol. The molecule has 0 aliphatic heterocycles. The minimum atomic E-state index is -0.287. The molecule has 41 heavy (non-hydrogen) atoms. The Balaban J connectivity index is 0.905. The topological polar surface area (TPSA) is 109 Å². The Morgan fingerprint density at radius 2 is 1.56 bits per heavy atom. The number of carbonyl (C=O) groups is 1. The van der Waals surface area contributed by atoms with Gasteiger partial charge in [-0.25, -0.2) is 9.97 Å². The number of imidazole rings is 1. The fourth-order valence-corrected chi connectivity index (χ4v) is 5.27. The molecule has 4 aromatic carbocycles. The van der Waals surface area contributed by atoms with Gasteiger partial charge in [0.2, 0.25) is 0 Å². The van der Waals surface area contributed by atoms with Crippen LogP contribution >= 0.6 is 0 Å². The van der Waals surface area contributed by atoms with Crippen molar-refractivity contribution in [1.82, 2.24) is 30.6 Å². The first kappa shape index (κ1) is 24.9. The Kier molecular flexibility index (Phi) is 6.58. The largest absolute Gasteiger partial charge is 0.448 e. The number of aromatic amines is 1. The third-order valence-corrected chi connectivity index (χ3v) is 7.38. The number of nitrogens with one attached hydrogen (secondary N) is 3. The van der Waals surface area contributed by atoms with Gasteiger partial charge in [0.25, 0.3) is 5.91 Å². The molecule has 1 amide bonds. The normalized spacial score (nSPS) is 11.6. The van der Waals surface area contributed by atoms with E-state index in [2.05, 4.69) is 74.1 Å². The molecule has 8 heteroatoms. The monoisotopic (exact) mass is 540 g/mol. The molecule has 0 aliphatic rings. The highest BCUT2D eigenvalue weighted by Gasteiger charge is 2.13. The summed E-state index contributed by atoms with van der Waals surface area (Å²) in [5, 5.41) is 13.2. The summed E-state index contributed by atoms with van der Waals surface area (Å²) in [6.07, 6.45) is 4.61. The van der Waals surface area contributed by atoms with Gasteiger partial charge in [-0.3, -0.25) is 9.78 Å². The first-order valence-electron chi connectivity index (χ1n) is 13.8. The molecule has 202 valence electrons. The number of H-pyrrole nitrogens is 1. The summed E-state index contributed by atoms with van der Waals surface area (Å²) in [6, 6.07) is 26.9. The van der Waals surface area contributed by atoms with E-state index in [0.29, 0.717) is 25.4 Å². The predicted molar refractivity (Wildman–Crippen MR) is 161 cm³/mol. The lowest BCUT2D eigenvalue weighted by Crippen LogP contribution is -2.24. The van der Waals surface area contributed by atoms with Crippen LogP contribution in [0.1, 0.15) is 27.9 Å². The third kappa shape index (κ3) is 5.13. The summed E-state index contributed by atoms with van der Waals surface area (Å²) in [4.78, 5) is 29.8. The molecule has 7 aromatic rings. The molecule has 3 heterocycles. The van der Waals surface area contributed by atoms with Gasteiger partial charge < -0.3 is 20.0 Å². The van der Waals surface area contributed by atoms with Gasteiger partial charge in [0, 0.05) is 42.9 Å². The summed E-state index contributed by atoms with van der Waals surface area (Å²) >= 11 is 0. The van der Waals surface area contributed by atoms with Crippen molar-refractivity contribution >= 4 is 49.3 Å². The smallest absolute Gasteiger partial charge is 0.273 e. The van der Waals surface area contributed by atoms with Gasteiger partial charge in [0.05, 0.1) is 23.3 Å². The maximum atomic E-state index is 12.7. The van der Waals surface area contributed by atoms with E-state index in [1.807, 2.05) is 36.5 Å². The van der Waals surface area contributed by atoms with Crippen LogP contribution in [0.4, 0.5) is 0 Å². The van der Waals surface area contributed by atoms with E-state index in [0.717, 1.165) is 51.7 Å². The van der Waals surface area contributed by atoms with Crippen molar-refractivity contribution in [2.24, 2.45) is 0 Å². The van der Waals surface area contributed by atoms with E-state index < -0.39 is 0 Å². The number of hydrogen-bond acceptors (Lipinski definition) is 6. The van der Waals surface area contributed by atoms with E-state index >= 15 is 0 Å². The van der Waals surface area contributed by atoms with Crippen molar-refractivity contribution in [3.63, 3.8) is 0 Å². The number of rotatable bonds is 9. The van der Waals surface area contributed by atoms with Gasteiger partial charge in [-0.1, -0.05) is 66.7 Å². The van der Waals surface area contributed by atoms with Crippen LogP contribution in [0.2, 0.25) is 0 Å². The summed E-state index contributed by atoms with van der Waals surface area (Å²) in [7, 11) is 0. The van der Waals surface area contributed by atoms with Crippen LogP contribution in [0.15, 0.2) is 95.7 Å². The highest BCUT2D eigenvalue weighted by molar-refractivity contribution is 6.07. The number of benzene rings is 4. The van der Waals surface area contributed by atoms with Crippen LogP contribution in [0, 0.1) is 0 Å². The highest BCUT2D eigenvalue weighted by atomic mass is 16.3. The maximum Gasteiger partial charge on any atom is 0.273 e. The van der Waals surface area contributed by atoms with Gasteiger partial charge in [-0.05, 0) is 33.7 Å². The molecule has 0 bridgehead atoms. The standard InChI is InChI=1S/C33H28N6O2/c40-33(36-19-24-17-27-23(18-35-24)10-9-21-5-1-3-7-25(21)27)29-20-41-31(38-29)14-16-34-15-13-30-37-28-12-11-22-6-2-4-8-26(22)32(28)39-30/h1-12,17-18,20,34H,13-16,19H2,(H,36,40)(H,37,39). The lowest BCUT2D eigenvalue weighted by molar-refractivity contribution is 0.0945. The van der Waals surface area contributed by atoms with Crippen molar-refractivity contribution in [3.8, 4) is 0 Å². The molecule has 0 radical (unpaired) electrons. The average Bonchev–Trinajstić information content (AvgIpc) is 3.67. The van der Waals surface area contributed by atoms with E-state index in [1.54, 1.807) is 0 Å². The number of amides is 1. The van der Waals surface area contributed by atoms with Crippen LogP contribution in [0.3, 0.4) is 0 Å². The third-order valence-electron chi connectivity index (χ3n) is 7.38. The summed E-state index contributed by atoms with van der Waals surface area (Å²) < 4.78 is 5.54. The van der Waals surface area contributed by atoms with Gasteiger partial charge in [0.15, 0.2) is 11.6 Å².